The van der Waals surface area contributed by atoms with E-state index in [1.807, 2.05) is 0 Å². The summed E-state index contributed by atoms with van der Waals surface area (Å²) < 4.78 is 68.4. The standard InChI is InChI=1S/C77H140O17P2/c1-5-9-13-17-21-25-29-32-34-35-37-40-43-46-50-54-58-62-75(80)87-67-72(93-76(81)63-59-55-51-47-41-28-24-20-16-12-8-4)69-91-95(83,84)89-65-71(78)66-90-96(85,86)92-70-73(94-77(82)64-60-56-52-48-44-38-31-27-23-19-15-11-7-3)68-88-74(79)61-57-53-49-45-42-39-36-33-30-26-22-18-14-10-6-2/h9,13,21,25,32-34,36-37,40,71-73,78H,5-8,10-12,14-20,22-24,26-31,35,38-39,41-70H2,1-4H3,(H,83,84)(H,85,86)/b13-9-,25-21-,34-32-,36-33-,40-37-. The van der Waals surface area contributed by atoms with Gasteiger partial charge in [0.05, 0.1) is 26.4 Å². The van der Waals surface area contributed by atoms with Crippen LogP contribution in [0.4, 0.5) is 0 Å². The van der Waals surface area contributed by atoms with E-state index in [9.17, 15) is 43.2 Å². The van der Waals surface area contributed by atoms with Gasteiger partial charge in [-0.15, -0.1) is 0 Å². The Kier molecular flexibility index (Phi) is 67.8. The smallest absolute Gasteiger partial charge is 0.462 e. The quantitative estimate of drug-likeness (QED) is 0.0169. The minimum atomic E-state index is -4.97. The molecule has 0 heterocycles. The molecule has 0 aliphatic rings. The van der Waals surface area contributed by atoms with Crippen LogP contribution in [-0.2, 0) is 65.4 Å². The maximum absolute atomic E-state index is 13.1. The van der Waals surface area contributed by atoms with Crippen LogP contribution in [0.1, 0.15) is 349 Å². The molecule has 0 saturated carbocycles. The second-order valence-corrected chi connectivity index (χ2v) is 28.8. The molecule has 0 aromatic heterocycles. The van der Waals surface area contributed by atoms with Gasteiger partial charge in [0.15, 0.2) is 12.2 Å². The second kappa shape index (κ2) is 70.2. The third-order valence-corrected chi connectivity index (χ3v) is 18.4. The molecule has 0 aromatic rings. The van der Waals surface area contributed by atoms with Crippen LogP contribution in [0.15, 0.2) is 60.8 Å². The molecule has 0 aliphatic heterocycles. The van der Waals surface area contributed by atoms with Crippen LogP contribution in [-0.4, -0.2) is 96.7 Å². The summed E-state index contributed by atoms with van der Waals surface area (Å²) >= 11 is 0. The predicted molar refractivity (Wildman–Crippen MR) is 390 cm³/mol. The SMILES string of the molecule is CC/C=C\C/C=C\C/C=C\C/C=C\CCCCCCC(=O)OCC(COP(=O)(O)OCC(O)COP(=O)(O)OCC(COC(=O)CCCCCCC/C=C\CCCCCCCC)OC(=O)CCCCCCCCCCCCCCC)OC(=O)CCCCCCCCCCCCC. The first-order valence-corrected chi connectivity index (χ1v) is 41.5. The van der Waals surface area contributed by atoms with Gasteiger partial charge in [0, 0.05) is 25.7 Å². The molecule has 560 valence electrons. The van der Waals surface area contributed by atoms with Gasteiger partial charge >= 0.3 is 39.5 Å². The lowest BCUT2D eigenvalue weighted by Crippen LogP contribution is -2.30. The normalized spacial score (nSPS) is 14.3. The highest BCUT2D eigenvalue weighted by atomic mass is 31.2. The number of aliphatic hydroxyl groups excluding tert-OH is 1. The van der Waals surface area contributed by atoms with Gasteiger partial charge in [0.2, 0.25) is 0 Å². The first-order valence-electron chi connectivity index (χ1n) is 38.5. The molecule has 0 bridgehead atoms. The molecular formula is C77H140O17P2. The van der Waals surface area contributed by atoms with Crippen LogP contribution < -0.4 is 0 Å². The fourth-order valence-corrected chi connectivity index (χ4v) is 12.2. The van der Waals surface area contributed by atoms with Gasteiger partial charge in [0.1, 0.15) is 19.3 Å². The number of rotatable bonds is 73. The van der Waals surface area contributed by atoms with Crippen LogP contribution >= 0.6 is 15.6 Å². The summed E-state index contributed by atoms with van der Waals surface area (Å²) in [6.45, 7) is 4.77. The summed E-state index contributed by atoms with van der Waals surface area (Å²) in [6, 6.07) is 0. The first kappa shape index (κ1) is 92.8. The van der Waals surface area contributed by atoms with Crippen molar-refractivity contribution in [2.45, 2.75) is 367 Å². The summed E-state index contributed by atoms with van der Waals surface area (Å²) in [7, 11) is -9.93. The van der Waals surface area contributed by atoms with Crippen molar-refractivity contribution in [3.05, 3.63) is 60.8 Å². The zero-order valence-electron chi connectivity index (χ0n) is 61.1. The predicted octanol–water partition coefficient (Wildman–Crippen LogP) is 21.9. The van der Waals surface area contributed by atoms with Crippen molar-refractivity contribution in [3.63, 3.8) is 0 Å². The maximum Gasteiger partial charge on any atom is 0.472 e. The number of unbranched alkanes of at least 4 members (excludes halogenated alkanes) is 37. The third kappa shape index (κ3) is 69.2. The highest BCUT2D eigenvalue weighted by molar-refractivity contribution is 7.47. The fraction of sp³-hybridized carbons (Fsp3) is 0.818. The number of hydrogen-bond acceptors (Lipinski definition) is 15. The lowest BCUT2D eigenvalue weighted by molar-refractivity contribution is -0.161. The van der Waals surface area contributed by atoms with Gasteiger partial charge in [-0.2, -0.15) is 0 Å². The minimum absolute atomic E-state index is 0.0946. The number of phosphoric acid groups is 2. The van der Waals surface area contributed by atoms with Gasteiger partial charge in [-0.25, -0.2) is 9.13 Å². The zero-order valence-corrected chi connectivity index (χ0v) is 62.8. The summed E-state index contributed by atoms with van der Waals surface area (Å²) in [6.07, 6.45) is 67.8. The lowest BCUT2D eigenvalue weighted by Gasteiger charge is -2.21. The van der Waals surface area contributed by atoms with Crippen LogP contribution in [0, 0.1) is 0 Å². The molecule has 19 heteroatoms. The van der Waals surface area contributed by atoms with E-state index in [0.717, 1.165) is 141 Å². The Hall–Kier alpha value is -3.24. The largest absolute Gasteiger partial charge is 0.472 e. The molecule has 0 aromatic carbocycles. The molecule has 0 amide bonds. The average Bonchev–Trinajstić information content (AvgIpc) is 1.13. The first-order chi connectivity index (χ1) is 46.7. The molecule has 0 saturated heterocycles. The van der Waals surface area contributed by atoms with Crippen molar-refractivity contribution in [3.8, 4) is 0 Å². The topological polar surface area (TPSA) is 237 Å². The van der Waals surface area contributed by atoms with Crippen LogP contribution in [0.2, 0.25) is 0 Å². The Bertz CT molecular complexity index is 2060. The van der Waals surface area contributed by atoms with E-state index in [1.54, 1.807) is 0 Å². The van der Waals surface area contributed by atoms with Gasteiger partial charge < -0.3 is 33.8 Å². The molecule has 5 unspecified atom stereocenters. The van der Waals surface area contributed by atoms with E-state index in [4.69, 9.17) is 37.0 Å². The van der Waals surface area contributed by atoms with Crippen molar-refractivity contribution in [2.24, 2.45) is 0 Å². The van der Waals surface area contributed by atoms with Gasteiger partial charge in [-0.05, 0) is 89.9 Å². The van der Waals surface area contributed by atoms with E-state index < -0.39 is 97.5 Å². The Balaban J connectivity index is 5.30. The Morgan fingerprint density at radius 3 is 0.844 bits per heavy atom. The Morgan fingerprint density at radius 1 is 0.302 bits per heavy atom. The fourth-order valence-electron chi connectivity index (χ4n) is 10.6. The zero-order chi connectivity index (χ0) is 70.4. The highest BCUT2D eigenvalue weighted by Gasteiger charge is 2.30. The molecular weight excluding hydrogens is 1260 g/mol. The molecule has 3 N–H and O–H groups in total. The Labute approximate surface area is 584 Å². The lowest BCUT2D eigenvalue weighted by atomic mass is 10.0. The van der Waals surface area contributed by atoms with E-state index in [-0.39, 0.29) is 25.7 Å². The molecule has 0 spiro atoms. The average molecular weight is 1400 g/mol. The molecule has 5 atom stereocenters. The van der Waals surface area contributed by atoms with Gasteiger partial charge in [-0.3, -0.25) is 37.3 Å². The van der Waals surface area contributed by atoms with Crippen molar-refractivity contribution < 1.29 is 80.2 Å². The molecule has 0 aliphatic carbocycles. The number of carbonyl (C=O) groups is 4. The van der Waals surface area contributed by atoms with E-state index in [1.165, 1.54) is 128 Å². The highest BCUT2D eigenvalue weighted by Crippen LogP contribution is 2.45. The molecule has 17 nitrogen and oxygen atoms in total. The molecule has 0 radical (unpaired) electrons. The number of aliphatic hydroxyl groups is 1. The van der Waals surface area contributed by atoms with Crippen molar-refractivity contribution in [2.75, 3.05) is 39.6 Å². The van der Waals surface area contributed by atoms with Crippen LogP contribution in [0.5, 0.6) is 0 Å². The van der Waals surface area contributed by atoms with Crippen LogP contribution in [0.3, 0.4) is 0 Å². The number of hydrogen-bond donors (Lipinski definition) is 3. The van der Waals surface area contributed by atoms with Gasteiger partial charge in [0.25, 0.3) is 0 Å². The number of phosphoric ester groups is 2. The number of carbonyl (C=O) groups excluding carboxylic acids is 4. The molecule has 0 rings (SSSR count). The van der Waals surface area contributed by atoms with E-state index >= 15 is 0 Å². The van der Waals surface area contributed by atoms with Crippen molar-refractivity contribution in [1.82, 2.24) is 0 Å². The summed E-state index contributed by atoms with van der Waals surface area (Å²) in [5.41, 5.74) is 0. The van der Waals surface area contributed by atoms with Crippen molar-refractivity contribution >= 4 is 39.5 Å². The molecule has 0 fully saturated rings. The number of esters is 4. The summed E-state index contributed by atoms with van der Waals surface area (Å²) in [5.74, 6) is -2.18. The minimum Gasteiger partial charge on any atom is -0.462 e. The summed E-state index contributed by atoms with van der Waals surface area (Å²) in [5, 5.41) is 10.6. The second-order valence-electron chi connectivity index (χ2n) is 25.9. The van der Waals surface area contributed by atoms with Crippen LogP contribution in [0.25, 0.3) is 0 Å². The Morgan fingerprint density at radius 2 is 0.542 bits per heavy atom. The molecule has 96 heavy (non-hydrogen) atoms. The van der Waals surface area contributed by atoms with Crippen molar-refractivity contribution in [1.29, 1.82) is 0 Å². The third-order valence-electron chi connectivity index (χ3n) is 16.5. The van der Waals surface area contributed by atoms with E-state index in [2.05, 4.69) is 88.5 Å². The van der Waals surface area contributed by atoms with Gasteiger partial charge in [-0.1, -0.05) is 294 Å². The maximum atomic E-state index is 13.1. The monoisotopic (exact) mass is 1400 g/mol. The van der Waals surface area contributed by atoms with E-state index in [0.29, 0.717) is 25.7 Å². The number of ether oxygens (including phenoxy) is 4. The number of allylic oxidation sites excluding steroid dienone is 10. The summed E-state index contributed by atoms with van der Waals surface area (Å²) in [4.78, 5) is 72.8.